The number of hydrogen-bond donors (Lipinski definition) is 2. The van der Waals surface area contributed by atoms with Crippen molar-refractivity contribution in [1.29, 1.82) is 0 Å². The molecule has 1 aliphatic rings. The first-order chi connectivity index (χ1) is 4.22. The van der Waals surface area contributed by atoms with Gasteiger partial charge in [-0.2, -0.15) is 0 Å². The smallest absolute Gasteiger partial charge is 0.00792 e. The summed E-state index contributed by atoms with van der Waals surface area (Å²) in [7, 11) is 0. The van der Waals surface area contributed by atoms with E-state index in [0.717, 1.165) is 12.8 Å². The van der Waals surface area contributed by atoms with E-state index in [4.69, 9.17) is 11.5 Å². The van der Waals surface area contributed by atoms with Crippen molar-refractivity contribution in [3.63, 3.8) is 0 Å². The van der Waals surface area contributed by atoms with Crippen molar-refractivity contribution in [2.75, 3.05) is 0 Å². The van der Waals surface area contributed by atoms with Gasteiger partial charge in [-0.25, -0.2) is 0 Å². The van der Waals surface area contributed by atoms with E-state index in [1.807, 2.05) is 0 Å². The Morgan fingerprint density at radius 3 is 1.89 bits per heavy atom. The SMILES string of the molecule is C[C@H]1[C@H](N)CCC[C@@H]1N. The second-order valence-corrected chi connectivity index (χ2v) is 3.12. The van der Waals surface area contributed by atoms with E-state index in [-0.39, 0.29) is 0 Å². The molecule has 0 unspecified atom stereocenters. The summed E-state index contributed by atoms with van der Waals surface area (Å²) >= 11 is 0. The molecule has 2 nitrogen and oxygen atoms in total. The molecular formula is C7H16N2. The molecule has 1 fully saturated rings. The van der Waals surface area contributed by atoms with Crippen LogP contribution in [-0.2, 0) is 0 Å². The standard InChI is InChI=1S/C7H16N2/c1-5-6(8)3-2-4-7(5)9/h5-7H,2-4,8-9H2,1H3/t5-,6+,7-. The summed E-state index contributed by atoms with van der Waals surface area (Å²) in [5, 5.41) is 0. The van der Waals surface area contributed by atoms with E-state index in [2.05, 4.69) is 6.92 Å². The van der Waals surface area contributed by atoms with Crippen molar-refractivity contribution in [2.24, 2.45) is 17.4 Å². The zero-order chi connectivity index (χ0) is 6.85. The van der Waals surface area contributed by atoms with Crippen molar-refractivity contribution in [3.05, 3.63) is 0 Å². The Labute approximate surface area is 56.6 Å². The molecule has 0 bridgehead atoms. The van der Waals surface area contributed by atoms with Crippen LogP contribution in [0.5, 0.6) is 0 Å². The lowest BCUT2D eigenvalue weighted by atomic mass is 9.83. The minimum Gasteiger partial charge on any atom is -0.327 e. The molecule has 3 atom stereocenters. The second-order valence-electron chi connectivity index (χ2n) is 3.12. The van der Waals surface area contributed by atoms with Gasteiger partial charge in [-0.3, -0.25) is 0 Å². The summed E-state index contributed by atoms with van der Waals surface area (Å²) < 4.78 is 0. The minimum absolute atomic E-state index is 0.355. The predicted molar refractivity (Wildman–Crippen MR) is 39.0 cm³/mol. The summed E-state index contributed by atoms with van der Waals surface area (Å²) in [5.41, 5.74) is 11.6. The Hall–Kier alpha value is -0.0800. The Morgan fingerprint density at radius 1 is 1.11 bits per heavy atom. The molecular weight excluding hydrogens is 112 g/mol. The highest BCUT2D eigenvalue weighted by atomic mass is 14.7. The van der Waals surface area contributed by atoms with Gasteiger partial charge < -0.3 is 11.5 Å². The monoisotopic (exact) mass is 128 g/mol. The van der Waals surface area contributed by atoms with E-state index < -0.39 is 0 Å². The fraction of sp³-hybridized carbons (Fsp3) is 1.00. The summed E-state index contributed by atoms with van der Waals surface area (Å²) in [4.78, 5) is 0. The summed E-state index contributed by atoms with van der Waals surface area (Å²) in [6, 6.07) is 0.711. The molecule has 4 N–H and O–H groups in total. The topological polar surface area (TPSA) is 52.0 Å². The molecule has 9 heavy (non-hydrogen) atoms. The summed E-state index contributed by atoms with van der Waals surface area (Å²) in [6.45, 7) is 2.15. The maximum Gasteiger partial charge on any atom is 0.00792 e. The van der Waals surface area contributed by atoms with Crippen molar-refractivity contribution in [3.8, 4) is 0 Å². The molecule has 0 aromatic rings. The van der Waals surface area contributed by atoms with Gasteiger partial charge in [0.2, 0.25) is 0 Å². The summed E-state index contributed by atoms with van der Waals surface area (Å²) in [6.07, 6.45) is 3.54. The Bertz CT molecular complexity index is 82.9. The van der Waals surface area contributed by atoms with E-state index in [1.54, 1.807) is 0 Å². The van der Waals surface area contributed by atoms with Gasteiger partial charge in [-0.05, 0) is 18.8 Å². The molecule has 54 valence electrons. The first-order valence-corrected chi connectivity index (χ1v) is 3.73. The zero-order valence-corrected chi connectivity index (χ0v) is 6.01. The molecule has 0 amide bonds. The Balaban J connectivity index is 2.41. The van der Waals surface area contributed by atoms with Crippen LogP contribution in [0.3, 0.4) is 0 Å². The quantitative estimate of drug-likeness (QED) is 0.498. The van der Waals surface area contributed by atoms with Crippen LogP contribution in [-0.4, -0.2) is 12.1 Å². The van der Waals surface area contributed by atoms with Crippen LogP contribution in [0.25, 0.3) is 0 Å². The van der Waals surface area contributed by atoms with E-state index in [9.17, 15) is 0 Å². The average molecular weight is 128 g/mol. The average Bonchev–Trinajstić information content (AvgIpc) is 1.83. The summed E-state index contributed by atoms with van der Waals surface area (Å²) in [5.74, 6) is 0.527. The Morgan fingerprint density at radius 2 is 1.56 bits per heavy atom. The van der Waals surface area contributed by atoms with Crippen molar-refractivity contribution in [2.45, 2.75) is 38.3 Å². The third kappa shape index (κ3) is 1.43. The first kappa shape index (κ1) is 7.03. The largest absolute Gasteiger partial charge is 0.327 e. The van der Waals surface area contributed by atoms with E-state index in [0.29, 0.717) is 18.0 Å². The second kappa shape index (κ2) is 2.67. The van der Waals surface area contributed by atoms with Crippen LogP contribution in [0.2, 0.25) is 0 Å². The van der Waals surface area contributed by atoms with Crippen LogP contribution in [0.4, 0.5) is 0 Å². The fourth-order valence-corrected chi connectivity index (χ4v) is 1.43. The molecule has 0 radical (unpaired) electrons. The van der Waals surface area contributed by atoms with Gasteiger partial charge in [0, 0.05) is 12.1 Å². The predicted octanol–water partition coefficient (Wildman–Crippen LogP) is 0.461. The van der Waals surface area contributed by atoms with Gasteiger partial charge in [0.25, 0.3) is 0 Å². The van der Waals surface area contributed by atoms with Crippen molar-refractivity contribution in [1.82, 2.24) is 0 Å². The molecule has 0 aromatic carbocycles. The molecule has 0 spiro atoms. The van der Waals surface area contributed by atoms with E-state index in [1.165, 1.54) is 6.42 Å². The third-order valence-corrected chi connectivity index (χ3v) is 2.43. The molecule has 0 heterocycles. The first-order valence-electron chi connectivity index (χ1n) is 3.73. The van der Waals surface area contributed by atoms with Crippen molar-refractivity contribution >= 4 is 0 Å². The Kier molecular flexibility index (Phi) is 2.09. The van der Waals surface area contributed by atoms with Gasteiger partial charge in [-0.1, -0.05) is 13.3 Å². The molecule has 1 rings (SSSR count). The fourth-order valence-electron chi connectivity index (χ4n) is 1.43. The zero-order valence-electron chi connectivity index (χ0n) is 6.01. The maximum absolute atomic E-state index is 5.79. The molecule has 0 saturated heterocycles. The number of nitrogens with two attached hydrogens (primary N) is 2. The van der Waals surface area contributed by atoms with Gasteiger partial charge in [0.15, 0.2) is 0 Å². The number of rotatable bonds is 0. The lowest BCUT2D eigenvalue weighted by Gasteiger charge is -2.30. The highest BCUT2D eigenvalue weighted by molar-refractivity contribution is 4.83. The highest BCUT2D eigenvalue weighted by Crippen LogP contribution is 2.20. The molecule has 0 aliphatic heterocycles. The van der Waals surface area contributed by atoms with Crippen LogP contribution in [0.15, 0.2) is 0 Å². The van der Waals surface area contributed by atoms with Gasteiger partial charge in [0.05, 0.1) is 0 Å². The van der Waals surface area contributed by atoms with Crippen LogP contribution in [0, 0.1) is 5.92 Å². The molecule has 0 aromatic heterocycles. The lowest BCUT2D eigenvalue weighted by molar-refractivity contribution is 0.287. The van der Waals surface area contributed by atoms with Crippen LogP contribution >= 0.6 is 0 Å². The highest BCUT2D eigenvalue weighted by Gasteiger charge is 2.23. The minimum atomic E-state index is 0.355. The van der Waals surface area contributed by atoms with Crippen LogP contribution < -0.4 is 11.5 Å². The maximum atomic E-state index is 5.79. The van der Waals surface area contributed by atoms with Gasteiger partial charge in [0.1, 0.15) is 0 Å². The third-order valence-electron chi connectivity index (χ3n) is 2.43. The molecule has 1 aliphatic carbocycles. The van der Waals surface area contributed by atoms with E-state index >= 15 is 0 Å². The normalized spacial score (nSPS) is 45.0. The molecule has 1 saturated carbocycles. The lowest BCUT2D eigenvalue weighted by Crippen LogP contribution is -2.44. The van der Waals surface area contributed by atoms with Crippen LogP contribution in [0.1, 0.15) is 26.2 Å². The molecule has 2 heteroatoms. The van der Waals surface area contributed by atoms with Gasteiger partial charge >= 0.3 is 0 Å². The number of hydrogen-bond acceptors (Lipinski definition) is 2. The van der Waals surface area contributed by atoms with Gasteiger partial charge in [-0.15, -0.1) is 0 Å². The van der Waals surface area contributed by atoms with Crippen molar-refractivity contribution < 1.29 is 0 Å².